The molecule has 13 heterocycles. The molecule has 0 spiro atoms. The second-order valence-corrected chi connectivity index (χ2v) is 25.2. The Labute approximate surface area is 507 Å². The number of carbonyl (C=O) groups is 4. The molecule has 0 radical (unpaired) electrons. The number of ether oxygens (including phenoxy) is 1. The van der Waals surface area contributed by atoms with Crippen molar-refractivity contribution in [3.8, 4) is 31.3 Å². The van der Waals surface area contributed by atoms with Crippen molar-refractivity contribution in [3.05, 3.63) is 158 Å². The fourth-order valence-corrected chi connectivity index (χ4v) is 16.7. The molecule has 5 aliphatic rings. The molecule has 0 aromatic carbocycles. The zero-order valence-electron chi connectivity index (χ0n) is 42.3. The Morgan fingerprint density at radius 3 is 1.50 bits per heavy atom. The maximum absolute atomic E-state index is 11.2. The fourth-order valence-electron chi connectivity index (χ4n) is 7.65. The van der Waals surface area contributed by atoms with Crippen LogP contribution >= 0.6 is 117 Å². The predicted molar refractivity (Wildman–Crippen MR) is 332 cm³/mol. The van der Waals surface area contributed by atoms with E-state index < -0.39 is 0 Å². The number of ketones is 1. The Balaban J connectivity index is 0.000000155. The smallest absolute Gasteiger partial charge is 0.373 e. The van der Waals surface area contributed by atoms with E-state index in [1.807, 2.05) is 90.2 Å². The van der Waals surface area contributed by atoms with Gasteiger partial charge in [-0.3, -0.25) is 19.2 Å². The van der Waals surface area contributed by atoms with Crippen molar-refractivity contribution in [1.82, 2.24) is 24.9 Å². The summed E-state index contributed by atoms with van der Waals surface area (Å²) in [5, 5.41) is 14.8. The van der Waals surface area contributed by atoms with E-state index in [1.165, 1.54) is 57.9 Å². The minimum Gasteiger partial charge on any atom is -0.465 e. The average molecular weight is 1260 g/mol. The molecular weight excluding hydrogens is 1210 g/mol. The van der Waals surface area contributed by atoms with E-state index in [9.17, 15) is 19.2 Å². The minimum atomic E-state index is -0.258. The van der Waals surface area contributed by atoms with Gasteiger partial charge in [-0.1, -0.05) is 26.0 Å². The van der Waals surface area contributed by atoms with Crippen LogP contribution in [0.2, 0.25) is 0 Å². The number of aliphatic hydroxyl groups excluding tert-OH is 1. The number of hydrogen-bond donors (Lipinski definition) is 2. The summed E-state index contributed by atoms with van der Waals surface area (Å²) in [5.74, 6) is 4.61. The molecule has 13 nitrogen and oxygen atoms in total. The highest BCUT2D eigenvalue weighted by atomic mass is 35.5. The van der Waals surface area contributed by atoms with Gasteiger partial charge in [0.1, 0.15) is 31.4 Å². The molecule has 0 unspecified atom stereocenters. The first-order chi connectivity index (χ1) is 38.6. The van der Waals surface area contributed by atoms with Crippen LogP contribution in [0.4, 0.5) is 0 Å². The van der Waals surface area contributed by atoms with Crippen LogP contribution in [-0.2, 0) is 54.2 Å². The maximum atomic E-state index is 11.2. The van der Waals surface area contributed by atoms with Gasteiger partial charge in [-0.05, 0) is 109 Å². The standard InChI is InChI=1S/C12H11NS2.C11H9NOS2.C11H7NOS2.C9H6ClNOS.C8H7NOS.C4H8O2S.CO2.CH4/c1-2-9-6-8-7-14-12-10(11(8)15-9)4-3-5-13-12;2*13-5-8-4-7-6-14-11-9(10(7)15-8)2-1-3-12-11;10-8-6(4-12)5-13-9-7(8)2-1-3-11-9;10-7-3-5-11-8-6(7)2-1-4-9-8;1-2-6-4(5)3-7;2-1-3;/h3-6H,2,7H2,1H3;1-4,13H,5-6H2;1-5H,6H2;1-4H,5H2;1-2,4H,3,5H2;7H,2-3H2,1H3;;1H4. The van der Waals surface area contributed by atoms with Crippen molar-refractivity contribution >= 4 is 153 Å². The highest BCUT2D eigenvalue weighted by molar-refractivity contribution is 8.00. The maximum Gasteiger partial charge on any atom is 0.373 e. The molecule has 23 heteroatoms. The van der Waals surface area contributed by atoms with Gasteiger partial charge in [-0.15, -0.1) is 92.8 Å². The SMILES string of the molecule is C.CCOC(=O)CS.CCc1cc2c(s1)-c1cccnc1SC2.O=C1CCSc2ncccc21.O=C=O.O=CC1=C(Cl)c2cccnc2SC1.O=Cc1cc2c(s1)-c1cccnc1SC2.OCc1cc2c(s1)-c1cccnc1SC2. The van der Waals surface area contributed by atoms with Crippen molar-refractivity contribution in [1.29, 1.82) is 0 Å². The second kappa shape index (κ2) is 33.0. The van der Waals surface area contributed by atoms with E-state index in [-0.39, 0.29) is 37.7 Å². The van der Waals surface area contributed by atoms with E-state index in [0.29, 0.717) is 29.4 Å². The molecule has 414 valence electrons. The minimum absolute atomic E-state index is 0. The van der Waals surface area contributed by atoms with Crippen LogP contribution in [0.5, 0.6) is 0 Å². The monoisotopic (exact) mass is 1260 g/mol. The number of pyridine rings is 5. The van der Waals surface area contributed by atoms with E-state index >= 15 is 0 Å². The number of fused-ring (bicyclic) bond motifs is 11. The summed E-state index contributed by atoms with van der Waals surface area (Å²) in [6.45, 7) is 4.56. The summed E-state index contributed by atoms with van der Waals surface area (Å²) in [7, 11) is 0. The number of esters is 1. The predicted octanol–water partition coefficient (Wildman–Crippen LogP) is 14.7. The summed E-state index contributed by atoms with van der Waals surface area (Å²) in [6, 6.07) is 26.1. The number of aromatic nitrogens is 5. The first kappa shape index (κ1) is 64.0. The summed E-state index contributed by atoms with van der Waals surface area (Å²) in [4.78, 5) is 87.6. The van der Waals surface area contributed by atoms with Gasteiger partial charge in [0.15, 0.2) is 12.1 Å². The molecule has 5 aliphatic heterocycles. The van der Waals surface area contributed by atoms with Crippen molar-refractivity contribution < 1.29 is 38.6 Å². The Morgan fingerprint density at radius 2 is 1.06 bits per heavy atom. The normalized spacial score (nSPS) is 13.0. The quantitative estimate of drug-likeness (QED) is 0.0905. The van der Waals surface area contributed by atoms with Gasteiger partial charge in [0.25, 0.3) is 0 Å². The van der Waals surface area contributed by atoms with Crippen LogP contribution in [0.1, 0.15) is 79.7 Å². The van der Waals surface area contributed by atoms with Crippen molar-refractivity contribution in [2.45, 2.75) is 83.1 Å². The topological polar surface area (TPSA) is 196 Å². The summed E-state index contributed by atoms with van der Waals surface area (Å²) < 4.78 is 4.48. The molecule has 0 atom stereocenters. The van der Waals surface area contributed by atoms with Crippen molar-refractivity contribution in [2.24, 2.45) is 0 Å². The van der Waals surface area contributed by atoms with Crippen molar-refractivity contribution in [3.63, 3.8) is 0 Å². The Kier molecular flexibility index (Phi) is 26.4. The van der Waals surface area contributed by atoms with Crippen LogP contribution < -0.4 is 0 Å². The molecular formula is C57H52ClN5O8S9. The molecule has 0 saturated heterocycles. The van der Waals surface area contributed by atoms with Gasteiger partial charge in [-0.2, -0.15) is 22.2 Å². The summed E-state index contributed by atoms with van der Waals surface area (Å²) in [5.41, 5.74) is 10.1. The van der Waals surface area contributed by atoms with Gasteiger partial charge in [0, 0.05) is 124 Å². The number of carbonyl (C=O) groups excluding carboxylic acids is 6. The second-order valence-electron chi connectivity index (χ2n) is 16.2. The largest absolute Gasteiger partial charge is 0.465 e. The number of hydrogen-bond acceptors (Lipinski definition) is 22. The Morgan fingerprint density at radius 1 is 0.637 bits per heavy atom. The number of aldehydes is 2. The van der Waals surface area contributed by atoms with E-state index in [0.717, 1.165) is 83.0 Å². The highest BCUT2D eigenvalue weighted by Gasteiger charge is 2.23. The Hall–Kier alpha value is -5.20. The number of thiol groups is 1. The van der Waals surface area contributed by atoms with Gasteiger partial charge in [0.2, 0.25) is 0 Å². The molecule has 0 amide bonds. The molecule has 0 saturated carbocycles. The van der Waals surface area contributed by atoms with Crippen LogP contribution in [0, 0.1) is 0 Å². The lowest BCUT2D eigenvalue weighted by molar-refractivity contribution is -0.191. The number of thiophene rings is 3. The lowest BCUT2D eigenvalue weighted by Gasteiger charge is -2.14. The van der Waals surface area contributed by atoms with E-state index in [2.05, 4.69) is 79.5 Å². The summed E-state index contributed by atoms with van der Waals surface area (Å²) >= 11 is 23.4. The molecule has 8 aromatic heterocycles. The number of aliphatic hydroxyl groups is 1. The third-order valence-corrected chi connectivity index (χ3v) is 20.8. The van der Waals surface area contributed by atoms with Crippen LogP contribution in [0.3, 0.4) is 0 Å². The number of thioether (sulfide) groups is 5. The molecule has 1 N–H and O–H groups in total. The fraction of sp³-hybridized carbons (Fsp3) is 0.228. The third kappa shape index (κ3) is 17.0. The number of halogens is 1. The third-order valence-electron chi connectivity index (χ3n) is 11.2. The van der Waals surface area contributed by atoms with E-state index in [1.54, 1.807) is 89.0 Å². The molecule has 0 bridgehead atoms. The molecule has 0 fully saturated rings. The van der Waals surface area contributed by atoms with Gasteiger partial charge in [0.05, 0.1) is 28.9 Å². The molecule has 0 aliphatic carbocycles. The van der Waals surface area contributed by atoms with E-state index in [4.69, 9.17) is 26.3 Å². The average Bonchev–Trinajstić information content (AvgIpc) is 4.26. The Bertz CT molecular complexity index is 3390. The zero-order chi connectivity index (χ0) is 56.1. The summed E-state index contributed by atoms with van der Waals surface area (Å²) in [6.07, 6.45) is 12.7. The zero-order valence-corrected chi connectivity index (χ0v) is 50.4. The highest BCUT2D eigenvalue weighted by Crippen LogP contribution is 2.47. The lowest BCUT2D eigenvalue weighted by Crippen LogP contribution is -2.08. The number of Topliss-reactive ketones (excluding diaryl/α,β-unsaturated/α-hetero) is 1. The lowest BCUT2D eigenvalue weighted by atomic mass is 10.1. The molecule has 8 aromatic rings. The van der Waals surface area contributed by atoms with Crippen LogP contribution in [0.25, 0.3) is 36.4 Å². The number of aryl methyl sites for hydroxylation is 1. The number of rotatable bonds is 6. The first-order valence-corrected chi connectivity index (χ1v) is 32.4. The van der Waals surface area contributed by atoms with Gasteiger partial charge < -0.3 is 9.84 Å². The van der Waals surface area contributed by atoms with Crippen LogP contribution in [-0.4, -0.2) is 84.4 Å². The van der Waals surface area contributed by atoms with Gasteiger partial charge in [-0.25, -0.2) is 24.9 Å². The number of nitrogens with zero attached hydrogens (tertiary/aromatic N) is 5. The molecule has 80 heavy (non-hydrogen) atoms. The van der Waals surface area contributed by atoms with Crippen molar-refractivity contribution in [2.75, 3.05) is 23.9 Å². The molecule has 13 rings (SSSR count). The van der Waals surface area contributed by atoms with Crippen LogP contribution in [0.15, 0.2) is 141 Å². The first-order valence-electron chi connectivity index (χ1n) is 24.0. The van der Waals surface area contributed by atoms with Gasteiger partial charge >= 0.3 is 12.1 Å².